The van der Waals surface area contributed by atoms with Crippen molar-refractivity contribution in [2.45, 2.75) is 0 Å². The third-order valence-electron chi connectivity index (χ3n) is 1.33. The van der Waals surface area contributed by atoms with Crippen LogP contribution in [0.4, 0.5) is 0 Å². The molecule has 1 heterocycles. The molecule has 2 rings (SSSR count). The molecule has 0 amide bonds. The maximum atomic E-state index is 4.06. The Morgan fingerprint density at radius 1 is 1.09 bits per heavy atom. The van der Waals surface area contributed by atoms with E-state index < -0.39 is 0 Å². The zero-order valence-electron chi connectivity index (χ0n) is 6.83. The second kappa shape index (κ2) is 5.36. The van der Waals surface area contributed by atoms with Gasteiger partial charge < -0.3 is 4.98 Å². The van der Waals surface area contributed by atoms with Crippen LogP contribution in [0.5, 0.6) is 0 Å². The van der Waals surface area contributed by atoms with Crippen molar-refractivity contribution in [1.82, 2.24) is 9.97 Å². The molecule has 0 saturated heterocycles. The van der Waals surface area contributed by atoms with Gasteiger partial charge in [0, 0.05) is 59.1 Å². The molecule has 2 nitrogen and oxygen atoms in total. The number of imidazole rings is 1. The second-order valence-electron chi connectivity index (χ2n) is 1.92. The van der Waals surface area contributed by atoms with E-state index in [4.69, 9.17) is 0 Å². The second-order valence-corrected chi connectivity index (χ2v) is 1.92. The zero-order chi connectivity index (χ0) is 6.10. The molecule has 0 saturated carbocycles. The van der Waals surface area contributed by atoms with Crippen molar-refractivity contribution >= 4 is 70.1 Å². The molecule has 4 heteroatoms. The fraction of sp³-hybridized carbons (Fsp3) is 0. The summed E-state index contributed by atoms with van der Waals surface area (Å²) < 4.78 is 0. The Kier molecular flexibility index (Phi) is 5.69. The van der Waals surface area contributed by atoms with Gasteiger partial charge >= 0.3 is 0 Å². The molecule has 0 unspecified atom stereocenters. The summed E-state index contributed by atoms with van der Waals surface area (Å²) in [7, 11) is 0. The number of hydrogen-bond donors (Lipinski definition) is 1. The summed E-state index contributed by atoms with van der Waals surface area (Å²) in [5.41, 5.74) is 2.12. The summed E-state index contributed by atoms with van der Waals surface area (Å²) >= 11 is 0. The normalized spacial score (nSPS) is 8.36. The fourth-order valence-electron chi connectivity index (χ4n) is 0.880. The van der Waals surface area contributed by atoms with Crippen LogP contribution in [0.15, 0.2) is 30.6 Å². The van der Waals surface area contributed by atoms with E-state index in [0.29, 0.717) is 0 Å². The SMILES string of the molecule is [Na].[Na].c1ccc2[nH]cnc2c1. The predicted molar refractivity (Wildman–Crippen MR) is 47.6 cm³/mol. The minimum Gasteiger partial charge on any atom is -0.345 e. The van der Waals surface area contributed by atoms with Crippen LogP contribution in [0.25, 0.3) is 11.0 Å². The van der Waals surface area contributed by atoms with Gasteiger partial charge in [-0.3, -0.25) is 0 Å². The van der Waals surface area contributed by atoms with Gasteiger partial charge in [0.1, 0.15) is 0 Å². The van der Waals surface area contributed by atoms with Crippen molar-refractivity contribution in [3.8, 4) is 0 Å². The topological polar surface area (TPSA) is 28.7 Å². The molecule has 2 radical (unpaired) electrons. The van der Waals surface area contributed by atoms with Crippen LogP contribution in [-0.2, 0) is 0 Å². The number of fused-ring (bicyclic) bond motifs is 1. The summed E-state index contributed by atoms with van der Waals surface area (Å²) in [4.78, 5) is 7.07. The molecule has 1 aromatic carbocycles. The monoisotopic (exact) mass is 164 g/mol. The molecule has 0 atom stereocenters. The van der Waals surface area contributed by atoms with E-state index >= 15 is 0 Å². The molecular weight excluding hydrogens is 158 g/mol. The van der Waals surface area contributed by atoms with Crippen LogP contribution in [0.1, 0.15) is 0 Å². The van der Waals surface area contributed by atoms with E-state index in [-0.39, 0.29) is 59.1 Å². The minimum atomic E-state index is 0. The van der Waals surface area contributed by atoms with Gasteiger partial charge in [-0.15, -0.1) is 0 Å². The van der Waals surface area contributed by atoms with Crippen molar-refractivity contribution in [3.05, 3.63) is 30.6 Å². The van der Waals surface area contributed by atoms with Gasteiger partial charge in [0.2, 0.25) is 0 Å². The van der Waals surface area contributed by atoms with Crippen molar-refractivity contribution in [1.29, 1.82) is 0 Å². The summed E-state index contributed by atoms with van der Waals surface area (Å²) in [5.74, 6) is 0. The van der Waals surface area contributed by atoms with E-state index in [2.05, 4.69) is 9.97 Å². The average Bonchev–Trinajstić information content (AvgIpc) is 2.33. The number of para-hydroxylation sites is 2. The standard InChI is InChI=1S/C7H6N2.2Na/c1-2-4-7-6(3-1)8-5-9-7;;/h1-5H,(H,8,9);;. The Hall–Kier alpha value is 0.690. The molecule has 0 aliphatic carbocycles. The number of rotatable bonds is 0. The molecule has 0 bridgehead atoms. The van der Waals surface area contributed by atoms with E-state index in [0.717, 1.165) is 11.0 Å². The van der Waals surface area contributed by atoms with Gasteiger partial charge in [0.05, 0.1) is 17.4 Å². The Balaban J connectivity index is 0.000000500. The van der Waals surface area contributed by atoms with E-state index in [1.807, 2.05) is 24.3 Å². The van der Waals surface area contributed by atoms with Crippen molar-refractivity contribution in [2.75, 3.05) is 0 Å². The van der Waals surface area contributed by atoms with E-state index in [1.54, 1.807) is 6.33 Å². The Morgan fingerprint density at radius 3 is 2.55 bits per heavy atom. The van der Waals surface area contributed by atoms with Crippen LogP contribution < -0.4 is 0 Å². The largest absolute Gasteiger partial charge is 0.345 e. The first-order valence-electron chi connectivity index (χ1n) is 2.85. The number of aromatic amines is 1. The van der Waals surface area contributed by atoms with Gasteiger partial charge in [0.25, 0.3) is 0 Å². The smallest absolute Gasteiger partial charge is 0.0931 e. The Labute approximate surface area is 109 Å². The molecule has 2 aromatic rings. The number of H-pyrrole nitrogens is 1. The van der Waals surface area contributed by atoms with E-state index in [9.17, 15) is 0 Å². The number of hydrogen-bond acceptors (Lipinski definition) is 1. The summed E-state index contributed by atoms with van der Waals surface area (Å²) in [6.07, 6.45) is 1.70. The fourth-order valence-corrected chi connectivity index (χ4v) is 0.880. The van der Waals surface area contributed by atoms with Gasteiger partial charge in [-0.2, -0.15) is 0 Å². The molecule has 0 fully saturated rings. The van der Waals surface area contributed by atoms with Gasteiger partial charge in [-0.25, -0.2) is 4.98 Å². The first-order chi connectivity index (χ1) is 4.47. The minimum absolute atomic E-state index is 0. The van der Waals surface area contributed by atoms with Crippen LogP contribution in [0.3, 0.4) is 0 Å². The van der Waals surface area contributed by atoms with Crippen LogP contribution in [0, 0.1) is 0 Å². The van der Waals surface area contributed by atoms with Gasteiger partial charge in [-0.05, 0) is 12.1 Å². The van der Waals surface area contributed by atoms with Crippen LogP contribution >= 0.6 is 0 Å². The van der Waals surface area contributed by atoms with Crippen molar-refractivity contribution in [2.24, 2.45) is 0 Å². The molecular formula is C7H6N2Na2. The summed E-state index contributed by atoms with van der Waals surface area (Å²) in [6.45, 7) is 0. The number of benzene rings is 1. The molecule has 11 heavy (non-hydrogen) atoms. The molecule has 1 N–H and O–H groups in total. The maximum Gasteiger partial charge on any atom is 0.0931 e. The van der Waals surface area contributed by atoms with Gasteiger partial charge in [0.15, 0.2) is 0 Å². The molecule has 0 aliphatic rings. The zero-order valence-corrected chi connectivity index (χ0v) is 10.8. The van der Waals surface area contributed by atoms with Crippen LogP contribution in [-0.4, -0.2) is 69.1 Å². The predicted octanol–water partition coefficient (Wildman–Crippen LogP) is 0.801. The van der Waals surface area contributed by atoms with Gasteiger partial charge in [-0.1, -0.05) is 12.1 Å². The number of nitrogens with zero attached hydrogens (tertiary/aromatic N) is 1. The van der Waals surface area contributed by atoms with Crippen molar-refractivity contribution in [3.63, 3.8) is 0 Å². The third kappa shape index (κ3) is 2.58. The molecule has 0 aliphatic heterocycles. The summed E-state index contributed by atoms with van der Waals surface area (Å²) in [5, 5.41) is 0. The van der Waals surface area contributed by atoms with Crippen molar-refractivity contribution < 1.29 is 0 Å². The van der Waals surface area contributed by atoms with E-state index in [1.165, 1.54) is 0 Å². The van der Waals surface area contributed by atoms with Crippen LogP contribution in [0.2, 0.25) is 0 Å². The molecule has 0 spiro atoms. The number of nitrogens with one attached hydrogen (secondary N) is 1. The average molecular weight is 164 g/mol. The Bertz CT molecular complexity index is 288. The number of aromatic nitrogens is 2. The molecule has 46 valence electrons. The summed E-state index contributed by atoms with van der Waals surface area (Å²) in [6, 6.07) is 7.94. The third-order valence-corrected chi connectivity index (χ3v) is 1.33. The first-order valence-corrected chi connectivity index (χ1v) is 2.85. The quantitative estimate of drug-likeness (QED) is 0.573. The molecule has 1 aromatic heterocycles. The first kappa shape index (κ1) is 11.7. The Morgan fingerprint density at radius 2 is 1.82 bits per heavy atom. The maximum absolute atomic E-state index is 4.06.